The predicted octanol–water partition coefficient (Wildman–Crippen LogP) is 2.05. The topological polar surface area (TPSA) is 55.9 Å². The van der Waals surface area contributed by atoms with E-state index in [0.29, 0.717) is 6.54 Å². The van der Waals surface area contributed by atoms with E-state index in [9.17, 15) is 9.59 Å². The number of hydrogen-bond acceptors (Lipinski definition) is 3. The van der Waals surface area contributed by atoms with E-state index in [1.54, 1.807) is 0 Å². The van der Waals surface area contributed by atoms with Crippen LogP contribution in [0.3, 0.4) is 0 Å². The van der Waals surface area contributed by atoms with Crippen molar-refractivity contribution in [3.05, 3.63) is 0 Å². The number of amides is 3. The van der Waals surface area contributed by atoms with E-state index >= 15 is 0 Å². The predicted molar refractivity (Wildman–Crippen MR) is 98.5 cm³/mol. The van der Waals surface area contributed by atoms with Gasteiger partial charge < -0.3 is 15.1 Å². The Morgan fingerprint density at radius 3 is 1.88 bits per heavy atom. The molecule has 0 radical (unpaired) electrons. The summed E-state index contributed by atoms with van der Waals surface area (Å²) < 4.78 is 0. The van der Waals surface area contributed by atoms with Crippen molar-refractivity contribution >= 4 is 11.9 Å². The Morgan fingerprint density at radius 1 is 0.720 bits per heavy atom. The van der Waals surface area contributed by atoms with E-state index in [2.05, 4.69) is 10.2 Å². The minimum Gasteiger partial charge on any atom is -0.352 e. The summed E-state index contributed by atoms with van der Waals surface area (Å²) in [5.74, 6) is 0.155. The quantitative estimate of drug-likeness (QED) is 0.847. The van der Waals surface area contributed by atoms with Gasteiger partial charge in [-0.25, -0.2) is 4.79 Å². The fourth-order valence-corrected chi connectivity index (χ4v) is 4.27. The fourth-order valence-electron chi connectivity index (χ4n) is 4.27. The Morgan fingerprint density at radius 2 is 1.24 bits per heavy atom. The van der Waals surface area contributed by atoms with E-state index in [1.807, 2.05) is 9.80 Å². The molecule has 0 atom stereocenters. The number of carbonyl (C=O) groups is 2. The lowest BCUT2D eigenvalue weighted by atomic mass is 10.0. The first-order chi connectivity index (χ1) is 12.2. The fraction of sp³-hybridized carbons (Fsp3) is 0.895. The maximum absolute atomic E-state index is 12.5. The number of likely N-dealkylation sites (tertiary alicyclic amines) is 3. The molecule has 0 spiro atoms. The molecule has 6 heteroatoms. The number of nitrogens with one attached hydrogen (secondary N) is 1. The Labute approximate surface area is 151 Å². The van der Waals surface area contributed by atoms with Crippen molar-refractivity contribution in [2.75, 3.05) is 45.8 Å². The summed E-state index contributed by atoms with van der Waals surface area (Å²) in [6.45, 7) is 5.99. The minimum atomic E-state index is 0.155. The average Bonchev–Trinajstić information content (AvgIpc) is 2.91. The Hall–Kier alpha value is -1.30. The number of hydrogen-bond donors (Lipinski definition) is 1. The summed E-state index contributed by atoms with van der Waals surface area (Å²) in [6, 6.07) is 0.430. The number of urea groups is 1. The van der Waals surface area contributed by atoms with Crippen molar-refractivity contribution < 1.29 is 9.59 Å². The summed E-state index contributed by atoms with van der Waals surface area (Å²) in [5, 5.41) is 3.19. The molecule has 6 nitrogen and oxygen atoms in total. The molecular weight excluding hydrogens is 316 g/mol. The molecule has 3 rings (SSSR count). The van der Waals surface area contributed by atoms with Crippen LogP contribution in [0, 0.1) is 0 Å². The Balaban J connectivity index is 1.36. The van der Waals surface area contributed by atoms with Crippen LogP contribution < -0.4 is 5.32 Å². The van der Waals surface area contributed by atoms with Gasteiger partial charge in [0.25, 0.3) is 0 Å². The largest absolute Gasteiger partial charge is 0.352 e. The third-order valence-electron chi connectivity index (χ3n) is 5.82. The first kappa shape index (κ1) is 18.5. The summed E-state index contributed by atoms with van der Waals surface area (Å²) in [7, 11) is 0. The van der Waals surface area contributed by atoms with Crippen molar-refractivity contribution in [3.8, 4) is 0 Å². The molecule has 0 aromatic rings. The van der Waals surface area contributed by atoms with Crippen LogP contribution in [-0.4, -0.2) is 78.5 Å². The summed E-state index contributed by atoms with van der Waals surface area (Å²) in [4.78, 5) is 31.1. The number of nitrogens with zero attached hydrogens (tertiary/aromatic N) is 3. The third kappa shape index (κ3) is 5.59. The second-order valence-electron chi connectivity index (χ2n) is 7.85. The van der Waals surface area contributed by atoms with E-state index in [0.717, 1.165) is 65.0 Å². The van der Waals surface area contributed by atoms with Crippen molar-refractivity contribution in [2.45, 2.75) is 63.8 Å². The van der Waals surface area contributed by atoms with Gasteiger partial charge in [-0.15, -0.1) is 0 Å². The molecule has 3 saturated heterocycles. The molecule has 3 aliphatic heterocycles. The first-order valence-corrected chi connectivity index (χ1v) is 10.3. The molecule has 25 heavy (non-hydrogen) atoms. The second-order valence-corrected chi connectivity index (χ2v) is 7.85. The third-order valence-corrected chi connectivity index (χ3v) is 5.82. The van der Waals surface area contributed by atoms with Gasteiger partial charge in [0, 0.05) is 32.2 Å². The molecule has 3 heterocycles. The van der Waals surface area contributed by atoms with Crippen LogP contribution in [0.2, 0.25) is 0 Å². The molecule has 0 aromatic heterocycles. The standard InChI is InChI=1S/C19H34N4O2/c24-18(16-21-10-4-1-2-5-11-21)20-17-8-14-23(15-9-17)19(25)22-12-6-3-7-13-22/h17H,1-16H2,(H,20,24). The molecule has 3 amide bonds. The van der Waals surface area contributed by atoms with Gasteiger partial charge in [0.1, 0.15) is 0 Å². The van der Waals surface area contributed by atoms with Gasteiger partial charge in [0.15, 0.2) is 0 Å². The van der Waals surface area contributed by atoms with Gasteiger partial charge >= 0.3 is 6.03 Å². The lowest BCUT2D eigenvalue weighted by Crippen LogP contribution is -2.52. The number of rotatable bonds is 3. The Bertz CT molecular complexity index is 435. The molecule has 3 fully saturated rings. The van der Waals surface area contributed by atoms with Crippen LogP contribution >= 0.6 is 0 Å². The minimum absolute atomic E-state index is 0.155. The molecular formula is C19H34N4O2. The van der Waals surface area contributed by atoms with Crippen molar-refractivity contribution in [2.24, 2.45) is 0 Å². The van der Waals surface area contributed by atoms with E-state index in [1.165, 1.54) is 32.1 Å². The van der Waals surface area contributed by atoms with Crippen LogP contribution in [0.5, 0.6) is 0 Å². The number of piperidine rings is 2. The molecule has 3 aliphatic rings. The van der Waals surface area contributed by atoms with Crippen LogP contribution in [0.15, 0.2) is 0 Å². The zero-order chi connectivity index (χ0) is 17.5. The summed E-state index contributed by atoms with van der Waals surface area (Å²) in [6.07, 6.45) is 10.3. The molecule has 0 aliphatic carbocycles. The van der Waals surface area contributed by atoms with Gasteiger partial charge in [-0.3, -0.25) is 9.69 Å². The summed E-state index contributed by atoms with van der Waals surface area (Å²) >= 11 is 0. The molecule has 0 saturated carbocycles. The lowest BCUT2D eigenvalue weighted by Gasteiger charge is -2.37. The van der Waals surface area contributed by atoms with Crippen LogP contribution in [-0.2, 0) is 4.79 Å². The zero-order valence-electron chi connectivity index (χ0n) is 15.5. The first-order valence-electron chi connectivity index (χ1n) is 10.3. The lowest BCUT2D eigenvalue weighted by molar-refractivity contribution is -0.123. The van der Waals surface area contributed by atoms with E-state index in [4.69, 9.17) is 0 Å². The van der Waals surface area contributed by atoms with Gasteiger partial charge in [-0.2, -0.15) is 0 Å². The smallest absolute Gasteiger partial charge is 0.319 e. The molecule has 0 unspecified atom stereocenters. The summed E-state index contributed by atoms with van der Waals surface area (Å²) in [5.41, 5.74) is 0. The second kappa shape index (κ2) is 9.41. The van der Waals surface area contributed by atoms with Crippen LogP contribution in [0.25, 0.3) is 0 Å². The molecule has 0 bridgehead atoms. The SMILES string of the molecule is O=C(CN1CCCCCC1)NC1CCN(C(=O)N2CCCCC2)CC1. The Kier molecular flexibility index (Phi) is 6.96. The van der Waals surface area contributed by atoms with E-state index in [-0.39, 0.29) is 18.0 Å². The molecule has 1 N–H and O–H groups in total. The van der Waals surface area contributed by atoms with Crippen LogP contribution in [0.1, 0.15) is 57.8 Å². The monoisotopic (exact) mass is 350 g/mol. The van der Waals surface area contributed by atoms with Crippen LogP contribution in [0.4, 0.5) is 4.79 Å². The van der Waals surface area contributed by atoms with Crippen molar-refractivity contribution in [3.63, 3.8) is 0 Å². The highest BCUT2D eigenvalue weighted by atomic mass is 16.2. The van der Waals surface area contributed by atoms with Gasteiger partial charge in [-0.1, -0.05) is 12.8 Å². The maximum atomic E-state index is 12.5. The zero-order valence-corrected chi connectivity index (χ0v) is 15.5. The highest BCUT2D eigenvalue weighted by Crippen LogP contribution is 2.16. The number of carbonyl (C=O) groups excluding carboxylic acids is 2. The van der Waals surface area contributed by atoms with Crippen molar-refractivity contribution in [1.29, 1.82) is 0 Å². The van der Waals surface area contributed by atoms with Gasteiger partial charge in [0.05, 0.1) is 6.54 Å². The van der Waals surface area contributed by atoms with E-state index < -0.39 is 0 Å². The maximum Gasteiger partial charge on any atom is 0.319 e. The molecule has 0 aromatic carbocycles. The average molecular weight is 351 g/mol. The van der Waals surface area contributed by atoms with Crippen molar-refractivity contribution in [1.82, 2.24) is 20.0 Å². The van der Waals surface area contributed by atoms with Gasteiger partial charge in [0.2, 0.25) is 5.91 Å². The molecule has 142 valence electrons. The highest BCUT2D eigenvalue weighted by molar-refractivity contribution is 5.78. The normalized spacial score (nSPS) is 24.0. The van der Waals surface area contributed by atoms with Gasteiger partial charge in [-0.05, 0) is 58.0 Å². The highest BCUT2D eigenvalue weighted by Gasteiger charge is 2.27.